The van der Waals surface area contributed by atoms with Crippen LogP contribution >= 0.6 is 11.3 Å². The second-order valence-electron chi connectivity index (χ2n) is 2.26. The van der Waals surface area contributed by atoms with Crippen molar-refractivity contribution in [3.8, 4) is 0 Å². The fraction of sp³-hybridized carbons (Fsp3) is 0.125. The molecule has 4 N–H and O–H groups in total. The van der Waals surface area contributed by atoms with Gasteiger partial charge in [0, 0.05) is 4.88 Å². The van der Waals surface area contributed by atoms with Crippen molar-refractivity contribution in [2.45, 2.75) is 0 Å². The quantitative estimate of drug-likeness (QED) is 0.373. The number of amides is 1. The lowest BCUT2D eigenvalue weighted by atomic mass is 10.4. The van der Waals surface area contributed by atoms with Crippen molar-refractivity contribution >= 4 is 23.3 Å². The van der Waals surface area contributed by atoms with Gasteiger partial charge in [0.1, 0.15) is 0 Å². The molecule has 1 rings (SSSR count). The molecule has 0 aliphatic heterocycles. The van der Waals surface area contributed by atoms with Gasteiger partial charge >= 0.3 is 0 Å². The maximum atomic E-state index is 11.0. The number of aliphatic hydroxyl groups excluding tert-OH is 1. The number of hydrazine groups is 1. The molecule has 0 radical (unpaired) electrons. The molecule has 0 saturated carbocycles. The van der Waals surface area contributed by atoms with Crippen LogP contribution in [-0.2, 0) is 0 Å². The number of carbonyl (C=O) groups excluding carboxylic acids is 1. The third-order valence-corrected chi connectivity index (χ3v) is 2.42. The highest BCUT2D eigenvalue weighted by Gasteiger charge is 2.05. The SMILES string of the molecule is NNC(=O)c1ccc(C=CCO)s1. The monoisotopic (exact) mass is 198 g/mol. The van der Waals surface area contributed by atoms with Gasteiger partial charge in [-0.1, -0.05) is 6.08 Å². The number of hydrogen-bond donors (Lipinski definition) is 3. The smallest absolute Gasteiger partial charge is 0.275 e. The Hall–Kier alpha value is -1.17. The topological polar surface area (TPSA) is 75.3 Å². The number of nitrogens with one attached hydrogen (secondary N) is 1. The maximum absolute atomic E-state index is 11.0. The number of thiophene rings is 1. The first-order valence-corrected chi connectivity index (χ1v) is 4.47. The Kier molecular flexibility index (Phi) is 3.63. The Morgan fingerprint density at radius 3 is 3.08 bits per heavy atom. The van der Waals surface area contributed by atoms with Crippen LogP contribution in [0.25, 0.3) is 6.08 Å². The zero-order valence-electron chi connectivity index (χ0n) is 6.86. The predicted molar refractivity (Wildman–Crippen MR) is 52.1 cm³/mol. The van der Waals surface area contributed by atoms with E-state index in [4.69, 9.17) is 10.9 Å². The van der Waals surface area contributed by atoms with Crippen LogP contribution in [0.5, 0.6) is 0 Å². The highest BCUT2D eigenvalue weighted by molar-refractivity contribution is 7.14. The number of hydrogen-bond acceptors (Lipinski definition) is 4. The van der Waals surface area contributed by atoms with E-state index in [1.54, 1.807) is 24.3 Å². The van der Waals surface area contributed by atoms with Gasteiger partial charge in [-0.15, -0.1) is 11.3 Å². The van der Waals surface area contributed by atoms with Crippen LogP contribution in [0.1, 0.15) is 14.5 Å². The van der Waals surface area contributed by atoms with E-state index in [0.717, 1.165) is 4.88 Å². The van der Waals surface area contributed by atoms with Gasteiger partial charge in [-0.05, 0) is 18.2 Å². The Morgan fingerprint density at radius 2 is 2.46 bits per heavy atom. The lowest BCUT2D eigenvalue weighted by molar-refractivity contribution is 0.0957. The van der Waals surface area contributed by atoms with Gasteiger partial charge in [-0.3, -0.25) is 10.2 Å². The van der Waals surface area contributed by atoms with Gasteiger partial charge in [0.25, 0.3) is 5.91 Å². The van der Waals surface area contributed by atoms with Crippen LogP contribution in [0.15, 0.2) is 18.2 Å². The summed E-state index contributed by atoms with van der Waals surface area (Å²) >= 11 is 1.32. The standard InChI is InChI=1S/C8H10N2O2S/c9-10-8(12)7-4-3-6(13-7)2-1-5-11/h1-4,11H,5,9H2,(H,10,12). The van der Waals surface area contributed by atoms with Crippen molar-refractivity contribution in [3.63, 3.8) is 0 Å². The Bertz CT molecular complexity index is 320. The molecule has 0 fully saturated rings. The second-order valence-corrected chi connectivity index (χ2v) is 3.38. The Morgan fingerprint density at radius 1 is 1.69 bits per heavy atom. The largest absolute Gasteiger partial charge is 0.392 e. The molecule has 5 heteroatoms. The molecule has 0 aromatic carbocycles. The minimum absolute atomic E-state index is 0.00365. The Labute approximate surface area is 79.7 Å². The molecule has 0 atom stereocenters. The second kappa shape index (κ2) is 4.76. The average Bonchev–Trinajstić information content (AvgIpc) is 2.62. The van der Waals surface area contributed by atoms with Crippen molar-refractivity contribution in [3.05, 3.63) is 28.0 Å². The summed E-state index contributed by atoms with van der Waals surface area (Å²) in [5, 5.41) is 8.51. The van der Waals surface area contributed by atoms with E-state index in [1.807, 2.05) is 5.43 Å². The molecular formula is C8H10N2O2S. The first-order chi connectivity index (χ1) is 6.27. The van der Waals surface area contributed by atoms with Gasteiger partial charge in [0.2, 0.25) is 0 Å². The molecule has 1 aromatic rings. The van der Waals surface area contributed by atoms with Gasteiger partial charge in [-0.2, -0.15) is 0 Å². The first-order valence-electron chi connectivity index (χ1n) is 3.66. The summed E-state index contributed by atoms with van der Waals surface area (Å²) in [6.07, 6.45) is 3.36. The average molecular weight is 198 g/mol. The van der Waals surface area contributed by atoms with E-state index in [2.05, 4.69) is 0 Å². The zero-order valence-corrected chi connectivity index (χ0v) is 7.67. The van der Waals surface area contributed by atoms with Crippen molar-refractivity contribution in [1.29, 1.82) is 0 Å². The lowest BCUT2D eigenvalue weighted by Gasteiger charge is -1.91. The zero-order chi connectivity index (χ0) is 9.68. The van der Waals surface area contributed by atoms with Gasteiger partial charge in [0.15, 0.2) is 0 Å². The van der Waals surface area contributed by atoms with E-state index in [9.17, 15) is 4.79 Å². The van der Waals surface area contributed by atoms with Crippen LogP contribution in [0.4, 0.5) is 0 Å². The van der Waals surface area contributed by atoms with Crippen LogP contribution in [-0.4, -0.2) is 17.6 Å². The number of nitrogen functional groups attached to an aromatic ring is 1. The highest BCUT2D eigenvalue weighted by atomic mass is 32.1. The first kappa shape index (κ1) is 9.91. The molecule has 13 heavy (non-hydrogen) atoms. The van der Waals surface area contributed by atoms with E-state index in [1.165, 1.54) is 11.3 Å². The molecule has 0 unspecified atom stereocenters. The van der Waals surface area contributed by atoms with E-state index in [0.29, 0.717) is 4.88 Å². The summed E-state index contributed by atoms with van der Waals surface area (Å²) in [4.78, 5) is 12.5. The van der Waals surface area contributed by atoms with E-state index < -0.39 is 0 Å². The molecule has 0 aliphatic rings. The van der Waals surface area contributed by atoms with Gasteiger partial charge in [0.05, 0.1) is 11.5 Å². The molecule has 1 aromatic heterocycles. The molecule has 0 spiro atoms. The summed E-state index contributed by atoms with van der Waals surface area (Å²) < 4.78 is 0. The van der Waals surface area contributed by atoms with Crippen LogP contribution in [0.3, 0.4) is 0 Å². The maximum Gasteiger partial charge on any atom is 0.275 e. The predicted octanol–water partition coefficient (Wildman–Crippen LogP) is 0.357. The van der Waals surface area contributed by atoms with E-state index in [-0.39, 0.29) is 12.5 Å². The third kappa shape index (κ3) is 2.66. The number of carbonyl (C=O) groups is 1. The summed E-state index contributed by atoms with van der Waals surface area (Å²) in [5.74, 6) is 4.67. The van der Waals surface area contributed by atoms with Crippen molar-refractivity contribution in [2.75, 3.05) is 6.61 Å². The highest BCUT2D eigenvalue weighted by Crippen LogP contribution is 2.17. The summed E-state index contributed by atoms with van der Waals surface area (Å²) in [5.41, 5.74) is 2.05. The van der Waals surface area contributed by atoms with E-state index >= 15 is 0 Å². The molecule has 0 bridgehead atoms. The lowest BCUT2D eigenvalue weighted by Crippen LogP contribution is -2.29. The van der Waals surface area contributed by atoms with Crippen molar-refractivity contribution in [2.24, 2.45) is 5.84 Å². The normalized spacial score (nSPS) is 10.6. The molecular weight excluding hydrogens is 188 g/mol. The molecule has 0 aliphatic carbocycles. The fourth-order valence-corrected chi connectivity index (χ4v) is 1.65. The number of nitrogens with two attached hydrogens (primary N) is 1. The summed E-state index contributed by atoms with van der Waals surface area (Å²) in [7, 11) is 0. The fourth-order valence-electron chi connectivity index (χ4n) is 0.804. The minimum atomic E-state index is -0.298. The van der Waals surface area contributed by atoms with Crippen LogP contribution in [0, 0.1) is 0 Å². The minimum Gasteiger partial charge on any atom is -0.392 e. The Balaban J connectivity index is 2.74. The molecule has 0 saturated heterocycles. The van der Waals surface area contributed by atoms with Crippen LogP contribution < -0.4 is 11.3 Å². The summed E-state index contributed by atoms with van der Waals surface area (Å²) in [6.45, 7) is -0.00365. The van der Waals surface area contributed by atoms with Gasteiger partial charge in [-0.25, -0.2) is 5.84 Å². The summed E-state index contributed by atoms with van der Waals surface area (Å²) in [6, 6.07) is 3.48. The van der Waals surface area contributed by atoms with Crippen molar-refractivity contribution in [1.82, 2.24) is 5.43 Å². The van der Waals surface area contributed by atoms with Gasteiger partial charge < -0.3 is 5.11 Å². The molecule has 4 nitrogen and oxygen atoms in total. The molecule has 1 heterocycles. The molecule has 70 valence electrons. The van der Waals surface area contributed by atoms with Crippen LogP contribution in [0.2, 0.25) is 0 Å². The third-order valence-electron chi connectivity index (χ3n) is 1.37. The number of rotatable bonds is 3. The number of aliphatic hydroxyl groups is 1. The van der Waals surface area contributed by atoms with Crippen molar-refractivity contribution < 1.29 is 9.90 Å². The molecule has 1 amide bonds.